The lowest BCUT2D eigenvalue weighted by Crippen LogP contribution is -2.43. The maximum absolute atomic E-state index is 12.1. The quantitative estimate of drug-likeness (QED) is 0.726. The van der Waals surface area contributed by atoms with Crippen molar-refractivity contribution in [1.82, 2.24) is 0 Å². The molecule has 0 N–H and O–H groups in total. The monoisotopic (exact) mass is 220 g/mol. The van der Waals surface area contributed by atoms with Gasteiger partial charge in [0.1, 0.15) is 0 Å². The summed E-state index contributed by atoms with van der Waals surface area (Å²) in [4.78, 5) is 0. The fourth-order valence-corrected chi connectivity index (χ4v) is 3.82. The first kappa shape index (κ1) is 12.0. The molecule has 0 unspecified atom stereocenters. The van der Waals surface area contributed by atoms with E-state index in [1.165, 1.54) is 0 Å². The highest BCUT2D eigenvalue weighted by Crippen LogP contribution is 2.30. The van der Waals surface area contributed by atoms with Crippen molar-refractivity contribution in [3.63, 3.8) is 0 Å². The second-order valence-electron chi connectivity index (χ2n) is 4.74. The summed E-state index contributed by atoms with van der Waals surface area (Å²) in [6.07, 6.45) is 1.28. The molecule has 0 aromatic rings. The molecule has 1 fully saturated rings. The molecule has 1 saturated heterocycles. The van der Waals surface area contributed by atoms with Gasteiger partial charge in [0.25, 0.3) is 0 Å². The van der Waals surface area contributed by atoms with E-state index in [2.05, 4.69) is 0 Å². The third kappa shape index (κ3) is 2.48. The van der Waals surface area contributed by atoms with Gasteiger partial charge in [-0.2, -0.15) is 0 Å². The molecular formula is C10H20O3S. The Labute approximate surface area is 86.8 Å². The lowest BCUT2D eigenvalue weighted by molar-refractivity contribution is 0.0788. The first-order valence-corrected chi connectivity index (χ1v) is 6.83. The van der Waals surface area contributed by atoms with E-state index in [4.69, 9.17) is 4.74 Å². The average Bonchev–Trinajstić information content (AvgIpc) is 2.02. The molecule has 0 bridgehead atoms. The molecule has 84 valence electrons. The Kier molecular flexibility index (Phi) is 3.58. The lowest BCUT2D eigenvalue weighted by Gasteiger charge is -2.33. The first-order chi connectivity index (χ1) is 6.37. The Bertz CT molecular complexity index is 274. The molecule has 3 nitrogen and oxygen atoms in total. The van der Waals surface area contributed by atoms with Gasteiger partial charge in [0.05, 0.1) is 10.5 Å². The third-order valence-corrected chi connectivity index (χ3v) is 5.87. The van der Waals surface area contributed by atoms with Crippen LogP contribution in [-0.2, 0) is 14.6 Å². The molecule has 4 heteroatoms. The van der Waals surface area contributed by atoms with Crippen LogP contribution in [0.15, 0.2) is 0 Å². The van der Waals surface area contributed by atoms with Gasteiger partial charge in [-0.05, 0) is 25.7 Å². The summed E-state index contributed by atoms with van der Waals surface area (Å²) in [5.74, 6) is 0.503. The molecule has 0 saturated carbocycles. The Morgan fingerprint density at radius 1 is 1.29 bits per heavy atom. The summed E-state index contributed by atoms with van der Waals surface area (Å²) < 4.78 is 28.8. The van der Waals surface area contributed by atoms with Crippen LogP contribution in [-0.4, -0.2) is 32.1 Å². The molecule has 0 atom stereocenters. The predicted molar refractivity (Wildman–Crippen MR) is 57.1 cm³/mol. The molecule has 0 aromatic heterocycles. The van der Waals surface area contributed by atoms with E-state index in [0.717, 1.165) is 0 Å². The number of hydrogen-bond acceptors (Lipinski definition) is 3. The van der Waals surface area contributed by atoms with Crippen LogP contribution in [0.5, 0.6) is 0 Å². The second kappa shape index (κ2) is 4.19. The topological polar surface area (TPSA) is 43.4 Å². The van der Waals surface area contributed by atoms with Crippen molar-refractivity contribution in [3.8, 4) is 0 Å². The van der Waals surface area contributed by atoms with E-state index in [9.17, 15) is 8.42 Å². The molecule has 1 aliphatic rings. The highest BCUT2D eigenvalue weighted by Gasteiger charge is 2.40. The van der Waals surface area contributed by atoms with Crippen molar-refractivity contribution >= 4 is 9.84 Å². The molecule has 0 spiro atoms. The Balaban J connectivity index is 2.78. The molecule has 0 radical (unpaired) electrons. The van der Waals surface area contributed by atoms with Crippen molar-refractivity contribution in [2.45, 2.75) is 38.4 Å². The maximum atomic E-state index is 12.1. The van der Waals surface area contributed by atoms with Crippen LogP contribution in [0.25, 0.3) is 0 Å². The highest BCUT2D eigenvalue weighted by molar-refractivity contribution is 7.92. The largest absolute Gasteiger partial charge is 0.381 e. The summed E-state index contributed by atoms with van der Waals surface area (Å²) in [7, 11) is -2.96. The van der Waals surface area contributed by atoms with Gasteiger partial charge in [0, 0.05) is 13.2 Å². The summed E-state index contributed by atoms with van der Waals surface area (Å²) >= 11 is 0. The van der Waals surface area contributed by atoms with E-state index in [1.54, 1.807) is 0 Å². The number of rotatable bonds is 3. The zero-order valence-corrected chi connectivity index (χ0v) is 10.1. The predicted octanol–water partition coefficient (Wildman–Crippen LogP) is 1.63. The van der Waals surface area contributed by atoms with Gasteiger partial charge in [-0.25, -0.2) is 8.42 Å². The molecule has 0 aliphatic carbocycles. The minimum Gasteiger partial charge on any atom is -0.381 e. The number of hydrogen-bond donors (Lipinski definition) is 0. The number of ether oxygens (including phenoxy) is 1. The van der Waals surface area contributed by atoms with Crippen molar-refractivity contribution in [3.05, 3.63) is 0 Å². The number of sulfone groups is 1. The molecule has 1 rings (SSSR count). The van der Waals surface area contributed by atoms with Gasteiger partial charge in [-0.15, -0.1) is 0 Å². The van der Waals surface area contributed by atoms with Crippen LogP contribution in [0.3, 0.4) is 0 Å². The van der Waals surface area contributed by atoms with E-state index < -0.39 is 14.6 Å². The van der Waals surface area contributed by atoms with Crippen LogP contribution in [0.4, 0.5) is 0 Å². The van der Waals surface area contributed by atoms with Crippen LogP contribution >= 0.6 is 0 Å². The third-order valence-electron chi connectivity index (χ3n) is 2.85. The lowest BCUT2D eigenvalue weighted by atomic mass is 10.0. The maximum Gasteiger partial charge on any atom is 0.156 e. The summed E-state index contributed by atoms with van der Waals surface area (Å²) in [6.45, 7) is 6.90. The van der Waals surface area contributed by atoms with E-state index >= 15 is 0 Å². The minimum absolute atomic E-state index is 0.208. The zero-order chi connectivity index (χ0) is 10.8. The molecular weight excluding hydrogens is 200 g/mol. The Hall–Kier alpha value is -0.0900. The minimum atomic E-state index is -2.96. The molecule has 1 heterocycles. The molecule has 1 aliphatic heterocycles. The van der Waals surface area contributed by atoms with Gasteiger partial charge in [0.15, 0.2) is 9.84 Å². The first-order valence-electron chi connectivity index (χ1n) is 5.17. The van der Waals surface area contributed by atoms with Crippen LogP contribution in [0.2, 0.25) is 0 Å². The van der Waals surface area contributed by atoms with Gasteiger partial charge in [0.2, 0.25) is 0 Å². The van der Waals surface area contributed by atoms with Gasteiger partial charge < -0.3 is 4.74 Å². The summed E-state index contributed by atoms with van der Waals surface area (Å²) in [6, 6.07) is 0. The van der Waals surface area contributed by atoms with Crippen molar-refractivity contribution in [1.29, 1.82) is 0 Å². The highest BCUT2D eigenvalue weighted by atomic mass is 32.2. The van der Waals surface area contributed by atoms with Gasteiger partial charge >= 0.3 is 0 Å². The van der Waals surface area contributed by atoms with Crippen molar-refractivity contribution < 1.29 is 13.2 Å². The fraction of sp³-hybridized carbons (Fsp3) is 1.00. The van der Waals surface area contributed by atoms with Crippen LogP contribution in [0.1, 0.15) is 33.6 Å². The molecule has 14 heavy (non-hydrogen) atoms. The van der Waals surface area contributed by atoms with Crippen LogP contribution < -0.4 is 0 Å². The Morgan fingerprint density at radius 3 is 2.21 bits per heavy atom. The van der Waals surface area contributed by atoms with Crippen molar-refractivity contribution in [2.24, 2.45) is 5.92 Å². The molecule has 0 amide bonds. The smallest absolute Gasteiger partial charge is 0.156 e. The van der Waals surface area contributed by atoms with Crippen molar-refractivity contribution in [2.75, 3.05) is 19.0 Å². The average molecular weight is 220 g/mol. The standard InChI is InChI=1S/C10H20O3S/c1-9(2)8-14(11,12)10(3)4-6-13-7-5-10/h9H,4-8H2,1-3H3. The Morgan fingerprint density at radius 2 is 1.79 bits per heavy atom. The van der Waals surface area contributed by atoms with Gasteiger partial charge in [-0.3, -0.25) is 0 Å². The van der Waals surface area contributed by atoms with Gasteiger partial charge in [-0.1, -0.05) is 13.8 Å². The van der Waals surface area contributed by atoms with Crippen LogP contribution in [0, 0.1) is 5.92 Å². The van der Waals surface area contributed by atoms with E-state index in [1.807, 2.05) is 20.8 Å². The van der Waals surface area contributed by atoms with E-state index in [0.29, 0.717) is 31.8 Å². The fourth-order valence-electron chi connectivity index (χ4n) is 1.75. The van der Waals surface area contributed by atoms with E-state index in [-0.39, 0.29) is 5.92 Å². The normalized spacial score (nSPS) is 22.6. The zero-order valence-electron chi connectivity index (χ0n) is 9.25. The summed E-state index contributed by atoms with van der Waals surface area (Å²) in [5.41, 5.74) is 0. The second-order valence-corrected chi connectivity index (χ2v) is 7.29. The summed E-state index contributed by atoms with van der Waals surface area (Å²) in [5, 5.41) is 0. The molecule has 0 aromatic carbocycles. The SMILES string of the molecule is CC(C)CS(=O)(=O)C1(C)CCOCC1.